The number of nitrogens with one attached hydrogen (secondary N) is 1. The molecule has 0 aromatic heterocycles. The minimum absolute atomic E-state index is 0.00757. The zero-order valence-corrected chi connectivity index (χ0v) is 18.0. The summed E-state index contributed by atoms with van der Waals surface area (Å²) in [6.07, 6.45) is 2.05. The fraction of sp³-hybridized carbons (Fsp3) is 0.524. The van der Waals surface area contributed by atoms with Crippen LogP contribution >= 0.6 is 0 Å². The van der Waals surface area contributed by atoms with Gasteiger partial charge in [-0.1, -0.05) is 18.2 Å². The molecule has 0 radical (unpaired) electrons. The number of hydrogen-bond donors (Lipinski definition) is 1. The molecule has 1 aromatic rings. The van der Waals surface area contributed by atoms with E-state index < -0.39 is 15.9 Å². The normalized spacial score (nSPS) is 24.1. The van der Waals surface area contributed by atoms with Crippen molar-refractivity contribution in [1.29, 1.82) is 0 Å². The SMILES string of the molecule is O=C(NC1CCN(C(=O)C2=NN([C@H]3CCS(=O)(=O)C3)C(=O)CC2)CC1)c1ccccc1. The van der Waals surface area contributed by atoms with E-state index in [4.69, 9.17) is 0 Å². The van der Waals surface area contributed by atoms with Crippen LogP contribution in [0.4, 0.5) is 0 Å². The van der Waals surface area contributed by atoms with Crippen molar-refractivity contribution < 1.29 is 22.8 Å². The smallest absolute Gasteiger partial charge is 0.270 e. The number of likely N-dealkylation sites (tertiary alicyclic amines) is 1. The second kappa shape index (κ2) is 8.78. The minimum atomic E-state index is -3.16. The third-order valence-corrected chi connectivity index (χ3v) is 7.76. The number of piperidine rings is 1. The number of carbonyl (C=O) groups is 3. The summed E-state index contributed by atoms with van der Waals surface area (Å²) in [6, 6.07) is 8.52. The molecule has 2 fully saturated rings. The van der Waals surface area contributed by atoms with Crippen molar-refractivity contribution in [3.05, 3.63) is 35.9 Å². The third kappa shape index (κ3) is 4.95. The lowest BCUT2D eigenvalue weighted by Gasteiger charge is -2.34. The number of benzene rings is 1. The molecule has 2 saturated heterocycles. The predicted octanol–water partition coefficient (Wildman–Crippen LogP) is 0.573. The quantitative estimate of drug-likeness (QED) is 0.726. The van der Waals surface area contributed by atoms with Gasteiger partial charge in [0.15, 0.2) is 9.84 Å². The number of carbonyl (C=O) groups excluding carboxylic acids is 3. The lowest BCUT2D eigenvalue weighted by Crippen LogP contribution is -2.50. The summed E-state index contributed by atoms with van der Waals surface area (Å²) in [5, 5.41) is 8.50. The maximum atomic E-state index is 12.9. The van der Waals surface area contributed by atoms with Crippen molar-refractivity contribution in [1.82, 2.24) is 15.2 Å². The maximum Gasteiger partial charge on any atom is 0.270 e. The zero-order valence-electron chi connectivity index (χ0n) is 17.2. The van der Waals surface area contributed by atoms with Crippen LogP contribution in [0, 0.1) is 0 Å². The van der Waals surface area contributed by atoms with Crippen molar-refractivity contribution in [3.63, 3.8) is 0 Å². The lowest BCUT2D eigenvalue weighted by molar-refractivity contribution is -0.134. The van der Waals surface area contributed by atoms with E-state index in [-0.39, 0.29) is 48.1 Å². The molecule has 0 unspecified atom stereocenters. The molecule has 0 bridgehead atoms. The highest BCUT2D eigenvalue weighted by atomic mass is 32.2. The van der Waals surface area contributed by atoms with Gasteiger partial charge in [-0.2, -0.15) is 5.10 Å². The van der Waals surface area contributed by atoms with E-state index in [0.717, 1.165) is 0 Å². The third-order valence-electron chi connectivity index (χ3n) is 6.01. The van der Waals surface area contributed by atoms with Gasteiger partial charge in [-0.05, 0) is 31.4 Å². The Bertz CT molecular complexity index is 1000. The number of rotatable bonds is 4. The Balaban J connectivity index is 1.34. The Labute approximate surface area is 181 Å². The first-order chi connectivity index (χ1) is 14.8. The highest BCUT2D eigenvalue weighted by Crippen LogP contribution is 2.23. The molecule has 0 spiro atoms. The lowest BCUT2D eigenvalue weighted by atomic mass is 10.0. The van der Waals surface area contributed by atoms with Gasteiger partial charge in [0, 0.05) is 37.5 Å². The van der Waals surface area contributed by atoms with Crippen LogP contribution in [0.2, 0.25) is 0 Å². The summed E-state index contributed by atoms with van der Waals surface area (Å²) in [7, 11) is -3.16. The number of hydrogen-bond acceptors (Lipinski definition) is 6. The van der Waals surface area contributed by atoms with Crippen LogP contribution in [0.1, 0.15) is 42.5 Å². The van der Waals surface area contributed by atoms with Crippen LogP contribution in [0.15, 0.2) is 35.4 Å². The summed E-state index contributed by atoms with van der Waals surface area (Å²) >= 11 is 0. The van der Waals surface area contributed by atoms with E-state index in [0.29, 0.717) is 43.6 Å². The molecule has 31 heavy (non-hydrogen) atoms. The van der Waals surface area contributed by atoms with Crippen LogP contribution in [0.3, 0.4) is 0 Å². The molecule has 3 heterocycles. The molecule has 1 N–H and O–H groups in total. The molecule has 0 aliphatic carbocycles. The molecule has 9 nitrogen and oxygen atoms in total. The molecule has 1 atom stereocenters. The number of hydrazone groups is 1. The first-order valence-electron chi connectivity index (χ1n) is 10.6. The fourth-order valence-corrected chi connectivity index (χ4v) is 5.94. The molecule has 3 aliphatic heterocycles. The second-order valence-electron chi connectivity index (χ2n) is 8.25. The Morgan fingerprint density at radius 3 is 2.39 bits per heavy atom. The van der Waals surface area contributed by atoms with Crippen LogP contribution in [0.5, 0.6) is 0 Å². The van der Waals surface area contributed by atoms with Crippen molar-refractivity contribution in [2.24, 2.45) is 5.10 Å². The molecule has 166 valence electrons. The van der Waals surface area contributed by atoms with Crippen molar-refractivity contribution in [2.45, 2.75) is 44.2 Å². The molecular formula is C21H26N4O5S. The average Bonchev–Trinajstić information content (AvgIpc) is 3.14. The maximum absolute atomic E-state index is 12.9. The van der Waals surface area contributed by atoms with Gasteiger partial charge in [0.2, 0.25) is 5.91 Å². The van der Waals surface area contributed by atoms with Crippen LogP contribution in [0.25, 0.3) is 0 Å². The summed E-state index contributed by atoms with van der Waals surface area (Å²) in [5.74, 6) is -0.631. The predicted molar refractivity (Wildman–Crippen MR) is 114 cm³/mol. The summed E-state index contributed by atoms with van der Waals surface area (Å²) in [6.45, 7) is 0.979. The van der Waals surface area contributed by atoms with Crippen LogP contribution in [-0.4, -0.2) is 78.4 Å². The molecule has 3 amide bonds. The molecular weight excluding hydrogens is 420 g/mol. The van der Waals surface area contributed by atoms with E-state index in [1.807, 2.05) is 18.2 Å². The Kier molecular flexibility index (Phi) is 6.08. The van der Waals surface area contributed by atoms with Crippen molar-refractivity contribution >= 4 is 33.3 Å². The monoisotopic (exact) mass is 446 g/mol. The highest BCUT2D eigenvalue weighted by molar-refractivity contribution is 7.91. The molecule has 4 rings (SSSR count). The minimum Gasteiger partial charge on any atom is -0.349 e. The molecule has 1 aromatic carbocycles. The summed E-state index contributed by atoms with van der Waals surface area (Å²) < 4.78 is 23.5. The highest BCUT2D eigenvalue weighted by Gasteiger charge is 2.38. The summed E-state index contributed by atoms with van der Waals surface area (Å²) in [5.41, 5.74) is 0.909. The standard InChI is InChI=1S/C21H26N4O5S/c26-19-7-6-18(23-25(19)17-10-13-31(29,30)14-17)21(28)24-11-8-16(9-12-24)22-20(27)15-4-2-1-3-5-15/h1-5,16-17H,6-14H2,(H,22,27)/t17-/m0/s1. The average molecular weight is 447 g/mol. The molecule has 10 heteroatoms. The number of nitrogens with zero attached hydrogens (tertiary/aromatic N) is 3. The first-order valence-corrected chi connectivity index (χ1v) is 12.4. The largest absolute Gasteiger partial charge is 0.349 e. The Morgan fingerprint density at radius 1 is 1.03 bits per heavy atom. The number of sulfone groups is 1. The van der Waals surface area contributed by atoms with Gasteiger partial charge < -0.3 is 10.2 Å². The Hall–Kier alpha value is -2.75. The second-order valence-corrected chi connectivity index (χ2v) is 10.5. The van der Waals surface area contributed by atoms with Gasteiger partial charge >= 0.3 is 0 Å². The van der Waals surface area contributed by atoms with Crippen LogP contribution < -0.4 is 5.32 Å². The summed E-state index contributed by atoms with van der Waals surface area (Å²) in [4.78, 5) is 39.2. The molecule has 0 saturated carbocycles. The van der Waals surface area contributed by atoms with Crippen molar-refractivity contribution in [2.75, 3.05) is 24.6 Å². The van der Waals surface area contributed by atoms with E-state index in [2.05, 4.69) is 10.4 Å². The first kappa shape index (κ1) is 21.5. The van der Waals surface area contributed by atoms with E-state index in [9.17, 15) is 22.8 Å². The Morgan fingerprint density at radius 2 is 1.74 bits per heavy atom. The van der Waals surface area contributed by atoms with Crippen LogP contribution in [-0.2, 0) is 19.4 Å². The van der Waals surface area contributed by atoms with E-state index in [1.165, 1.54) is 5.01 Å². The van der Waals surface area contributed by atoms with Crippen molar-refractivity contribution in [3.8, 4) is 0 Å². The van der Waals surface area contributed by atoms with Gasteiger partial charge in [-0.15, -0.1) is 0 Å². The van der Waals surface area contributed by atoms with E-state index >= 15 is 0 Å². The fourth-order valence-electron chi connectivity index (χ4n) is 4.25. The van der Waals surface area contributed by atoms with Gasteiger partial charge in [-0.3, -0.25) is 14.4 Å². The number of amides is 3. The topological polar surface area (TPSA) is 116 Å². The van der Waals surface area contributed by atoms with Gasteiger partial charge in [0.1, 0.15) is 5.71 Å². The molecule has 3 aliphatic rings. The van der Waals surface area contributed by atoms with Gasteiger partial charge in [-0.25, -0.2) is 13.4 Å². The van der Waals surface area contributed by atoms with Gasteiger partial charge in [0.05, 0.1) is 17.5 Å². The van der Waals surface area contributed by atoms with Gasteiger partial charge in [0.25, 0.3) is 11.8 Å². The van der Waals surface area contributed by atoms with E-state index in [1.54, 1.807) is 17.0 Å². The zero-order chi connectivity index (χ0) is 22.0.